The second-order valence-electron chi connectivity index (χ2n) is 9.23. The molecule has 11 nitrogen and oxygen atoms in total. The van der Waals surface area contributed by atoms with Gasteiger partial charge in [-0.15, -0.1) is 0 Å². The number of aromatic nitrogens is 3. The number of benzene rings is 2. The number of carbonyl (C=O) groups is 4. The number of ether oxygens (including phenoxy) is 1. The molecule has 0 bridgehead atoms. The summed E-state index contributed by atoms with van der Waals surface area (Å²) in [5.74, 6) is -1.48. The number of rotatable bonds is 15. The summed E-state index contributed by atoms with van der Waals surface area (Å²) < 4.78 is 6.61. The Balaban J connectivity index is 1.50. The van der Waals surface area contributed by atoms with E-state index in [-0.39, 0.29) is 37.4 Å². The van der Waals surface area contributed by atoms with E-state index < -0.39 is 35.6 Å². The van der Waals surface area contributed by atoms with E-state index in [2.05, 4.69) is 20.6 Å². The molecule has 2 aromatic heterocycles. The summed E-state index contributed by atoms with van der Waals surface area (Å²) in [6.45, 7) is -0.315. The third-order valence-electron chi connectivity index (χ3n) is 6.24. The number of hydrogen-bond donors (Lipinski definition) is 2. The van der Waals surface area contributed by atoms with Gasteiger partial charge in [0.2, 0.25) is 29.8 Å². The summed E-state index contributed by atoms with van der Waals surface area (Å²) in [6, 6.07) is 21.8. The third-order valence-corrected chi connectivity index (χ3v) is 6.24. The van der Waals surface area contributed by atoms with Crippen LogP contribution in [0.15, 0.2) is 96.1 Å². The zero-order chi connectivity index (χ0) is 29.7. The fourth-order valence-corrected chi connectivity index (χ4v) is 4.22. The average molecular weight is 568 g/mol. The Morgan fingerprint density at radius 1 is 0.929 bits per heavy atom. The summed E-state index contributed by atoms with van der Waals surface area (Å²) >= 11 is 0. The van der Waals surface area contributed by atoms with E-state index in [1.54, 1.807) is 79.0 Å². The van der Waals surface area contributed by atoms with Crippen LogP contribution in [-0.4, -0.2) is 51.1 Å². The van der Waals surface area contributed by atoms with Gasteiger partial charge in [-0.3, -0.25) is 28.5 Å². The molecular formula is C31H29N5O6. The van der Waals surface area contributed by atoms with Crippen LogP contribution in [-0.2, 0) is 32.1 Å². The maximum absolute atomic E-state index is 13.3. The van der Waals surface area contributed by atoms with Crippen LogP contribution in [0.3, 0.4) is 0 Å². The first-order valence-corrected chi connectivity index (χ1v) is 13.3. The van der Waals surface area contributed by atoms with E-state index in [9.17, 15) is 24.0 Å². The minimum atomic E-state index is -1.16. The molecule has 2 amide bonds. The topological polar surface area (TPSA) is 149 Å². The standard InChI is InChI=1S/C31H29N5O6/c37-21-34-25-19-33-30(23-12-5-2-6-13-23)36(31(25)41)20-27(39)35-24(18-22-10-3-1-4-11-22)29(40)26(38)14-9-17-42-28-15-7-8-16-32-28/h1-8,10-13,15-16,19,21,24H,9,14,17-18,20H2,(H,34,37)(H,35,39)/t24-/m0/s1. The lowest BCUT2D eigenvalue weighted by Gasteiger charge is -2.19. The molecule has 4 aromatic rings. The van der Waals surface area contributed by atoms with E-state index in [1.165, 1.54) is 6.20 Å². The van der Waals surface area contributed by atoms with Gasteiger partial charge in [-0.25, -0.2) is 9.97 Å². The first-order valence-electron chi connectivity index (χ1n) is 13.3. The summed E-state index contributed by atoms with van der Waals surface area (Å²) in [6.07, 6.45) is 3.42. The maximum atomic E-state index is 13.3. The Morgan fingerprint density at radius 2 is 1.64 bits per heavy atom. The fraction of sp³-hybridized carbons (Fsp3) is 0.194. The van der Waals surface area contributed by atoms with Crippen molar-refractivity contribution < 1.29 is 23.9 Å². The molecule has 2 heterocycles. The van der Waals surface area contributed by atoms with Gasteiger partial charge in [0, 0.05) is 30.7 Å². The van der Waals surface area contributed by atoms with Crippen molar-refractivity contribution >= 4 is 29.6 Å². The number of hydrogen-bond acceptors (Lipinski definition) is 8. The molecule has 2 N–H and O–H groups in total. The molecule has 2 aromatic carbocycles. The van der Waals surface area contributed by atoms with Crippen molar-refractivity contribution in [1.29, 1.82) is 0 Å². The van der Waals surface area contributed by atoms with Crippen molar-refractivity contribution in [2.75, 3.05) is 11.9 Å². The Bertz CT molecular complexity index is 1580. The fourth-order valence-electron chi connectivity index (χ4n) is 4.22. The van der Waals surface area contributed by atoms with Crippen molar-refractivity contribution in [2.45, 2.75) is 31.8 Å². The summed E-state index contributed by atoms with van der Waals surface area (Å²) in [5.41, 5.74) is 0.544. The van der Waals surface area contributed by atoms with Crippen molar-refractivity contribution in [2.24, 2.45) is 0 Å². The first-order chi connectivity index (χ1) is 20.5. The molecule has 0 aliphatic heterocycles. The van der Waals surface area contributed by atoms with Crippen LogP contribution in [0, 0.1) is 0 Å². The van der Waals surface area contributed by atoms with Gasteiger partial charge in [0.1, 0.15) is 18.1 Å². The highest BCUT2D eigenvalue weighted by atomic mass is 16.5. The molecule has 0 fully saturated rings. The molecule has 0 saturated heterocycles. The summed E-state index contributed by atoms with van der Waals surface area (Å²) in [5, 5.41) is 4.93. The number of pyridine rings is 1. The predicted molar refractivity (Wildman–Crippen MR) is 155 cm³/mol. The van der Waals surface area contributed by atoms with Crippen LogP contribution in [0.2, 0.25) is 0 Å². The largest absolute Gasteiger partial charge is 0.478 e. The SMILES string of the molecule is O=CNc1cnc(-c2ccccc2)n(CC(=O)N[C@@H](Cc2ccccc2)C(=O)C(=O)CCCOc2ccccn2)c1=O. The van der Waals surface area contributed by atoms with Crippen LogP contribution in [0.1, 0.15) is 18.4 Å². The van der Waals surface area contributed by atoms with Crippen molar-refractivity contribution in [3.8, 4) is 17.3 Å². The van der Waals surface area contributed by atoms with E-state index in [4.69, 9.17) is 4.74 Å². The van der Waals surface area contributed by atoms with Crippen molar-refractivity contribution in [1.82, 2.24) is 19.9 Å². The molecule has 0 spiro atoms. The van der Waals surface area contributed by atoms with E-state index in [0.717, 1.165) is 10.1 Å². The second-order valence-corrected chi connectivity index (χ2v) is 9.23. The molecule has 4 rings (SSSR count). The van der Waals surface area contributed by atoms with Gasteiger partial charge in [-0.05, 0) is 18.1 Å². The maximum Gasteiger partial charge on any atom is 0.278 e. The van der Waals surface area contributed by atoms with Gasteiger partial charge in [0.15, 0.2) is 0 Å². The summed E-state index contributed by atoms with van der Waals surface area (Å²) in [7, 11) is 0. The number of ketones is 2. The first kappa shape index (κ1) is 29.5. The minimum Gasteiger partial charge on any atom is -0.478 e. The molecule has 214 valence electrons. The molecule has 0 aliphatic carbocycles. The van der Waals surface area contributed by atoms with Gasteiger partial charge in [-0.1, -0.05) is 66.7 Å². The highest BCUT2D eigenvalue weighted by molar-refractivity contribution is 6.39. The molecular weight excluding hydrogens is 538 g/mol. The van der Waals surface area contributed by atoms with Crippen LogP contribution in [0.25, 0.3) is 11.4 Å². The zero-order valence-corrected chi connectivity index (χ0v) is 22.6. The molecule has 0 aliphatic rings. The predicted octanol–water partition coefficient (Wildman–Crippen LogP) is 2.60. The van der Waals surface area contributed by atoms with E-state index >= 15 is 0 Å². The average Bonchev–Trinajstić information content (AvgIpc) is 3.02. The van der Waals surface area contributed by atoms with Crippen molar-refractivity contribution in [3.05, 3.63) is 107 Å². The number of Topliss-reactive ketones (excluding diaryl/α,β-unsaturated/α-hetero) is 2. The Labute approximate surface area is 241 Å². The van der Waals surface area contributed by atoms with Crippen LogP contribution >= 0.6 is 0 Å². The van der Waals surface area contributed by atoms with Gasteiger partial charge in [0.25, 0.3) is 5.56 Å². The molecule has 1 atom stereocenters. The smallest absolute Gasteiger partial charge is 0.278 e. The van der Waals surface area contributed by atoms with Gasteiger partial charge in [-0.2, -0.15) is 0 Å². The molecule has 0 radical (unpaired) electrons. The number of amides is 2. The lowest BCUT2D eigenvalue weighted by atomic mass is 9.98. The van der Waals surface area contributed by atoms with Crippen LogP contribution in [0.4, 0.5) is 5.69 Å². The monoisotopic (exact) mass is 567 g/mol. The minimum absolute atomic E-state index is 0.0756. The Hall–Kier alpha value is -5.45. The highest BCUT2D eigenvalue weighted by Crippen LogP contribution is 2.16. The molecule has 0 unspecified atom stereocenters. The molecule has 42 heavy (non-hydrogen) atoms. The third kappa shape index (κ3) is 8.04. The van der Waals surface area contributed by atoms with Gasteiger partial charge < -0.3 is 15.4 Å². The quantitative estimate of drug-likeness (QED) is 0.126. The van der Waals surface area contributed by atoms with Crippen LogP contribution < -0.4 is 20.9 Å². The number of anilines is 1. The van der Waals surface area contributed by atoms with E-state index in [1.807, 2.05) is 6.07 Å². The van der Waals surface area contributed by atoms with Gasteiger partial charge in [0.05, 0.1) is 18.8 Å². The molecule has 11 heteroatoms. The van der Waals surface area contributed by atoms with Crippen LogP contribution in [0.5, 0.6) is 5.88 Å². The lowest BCUT2D eigenvalue weighted by Crippen LogP contribution is -2.47. The zero-order valence-electron chi connectivity index (χ0n) is 22.6. The lowest BCUT2D eigenvalue weighted by molar-refractivity contribution is -0.139. The number of nitrogens with one attached hydrogen (secondary N) is 2. The Morgan fingerprint density at radius 3 is 2.33 bits per heavy atom. The Kier molecular flexibility index (Phi) is 10.4. The summed E-state index contributed by atoms with van der Waals surface area (Å²) in [4.78, 5) is 71.8. The normalized spacial score (nSPS) is 11.2. The molecule has 0 saturated carbocycles. The number of carbonyl (C=O) groups excluding carboxylic acids is 4. The second kappa shape index (κ2) is 14.8. The van der Waals surface area contributed by atoms with E-state index in [0.29, 0.717) is 17.9 Å². The highest BCUT2D eigenvalue weighted by Gasteiger charge is 2.27. The number of nitrogens with zero attached hydrogens (tertiary/aromatic N) is 3. The van der Waals surface area contributed by atoms with Crippen molar-refractivity contribution in [3.63, 3.8) is 0 Å². The van der Waals surface area contributed by atoms with Gasteiger partial charge >= 0.3 is 0 Å².